The molecule has 0 radical (unpaired) electrons. The molecule has 1 aromatic carbocycles. The van der Waals surface area contributed by atoms with Gasteiger partial charge >= 0.3 is 11.9 Å². The van der Waals surface area contributed by atoms with Crippen molar-refractivity contribution in [3.63, 3.8) is 0 Å². The van der Waals surface area contributed by atoms with Gasteiger partial charge < -0.3 is 9.52 Å². The molecule has 5 heteroatoms. The number of aromatic carboxylic acids is 1. The van der Waals surface area contributed by atoms with Crippen molar-refractivity contribution < 1.29 is 14.3 Å². The van der Waals surface area contributed by atoms with E-state index in [0.29, 0.717) is 11.1 Å². The molecule has 72 valence electrons. The molecule has 2 rings (SSSR count). The van der Waals surface area contributed by atoms with Crippen molar-refractivity contribution in [2.45, 2.75) is 4.90 Å². The molecule has 0 fully saturated rings. The van der Waals surface area contributed by atoms with E-state index in [2.05, 4.69) is 4.98 Å². The number of oxazole rings is 1. The zero-order chi connectivity index (χ0) is 10.1. The summed E-state index contributed by atoms with van der Waals surface area (Å²) in [5.41, 5.74) is 1.12. The number of rotatable bonds is 2. The summed E-state index contributed by atoms with van der Waals surface area (Å²) < 4.78 is 5.05. The first-order valence-corrected chi connectivity index (χ1v) is 5.11. The molecule has 1 N–H and O–H groups in total. The topological polar surface area (TPSA) is 63.3 Å². The monoisotopic (exact) mass is 209 g/mol. The maximum Gasteiger partial charge on any atom is 0.392 e. The van der Waals surface area contributed by atoms with E-state index in [1.54, 1.807) is 6.07 Å². The lowest BCUT2D eigenvalue weighted by molar-refractivity contribution is 0.0656. The Morgan fingerprint density at radius 2 is 2.36 bits per heavy atom. The van der Waals surface area contributed by atoms with Gasteiger partial charge in [-0.3, -0.25) is 0 Å². The number of benzene rings is 1. The lowest BCUT2D eigenvalue weighted by Crippen LogP contribution is -1.94. The van der Waals surface area contributed by atoms with E-state index >= 15 is 0 Å². The SMILES string of the molecule is CSc1cccc2oc(C(=O)O)nc12. The van der Waals surface area contributed by atoms with Gasteiger partial charge in [0.15, 0.2) is 5.58 Å². The van der Waals surface area contributed by atoms with Crippen LogP contribution in [0.3, 0.4) is 0 Å². The van der Waals surface area contributed by atoms with Gasteiger partial charge in [-0.2, -0.15) is 0 Å². The van der Waals surface area contributed by atoms with Crippen molar-refractivity contribution in [3.8, 4) is 0 Å². The average molecular weight is 209 g/mol. The van der Waals surface area contributed by atoms with Crippen molar-refractivity contribution in [2.24, 2.45) is 0 Å². The molecule has 0 aliphatic carbocycles. The second kappa shape index (κ2) is 3.34. The van der Waals surface area contributed by atoms with Crippen molar-refractivity contribution in [1.82, 2.24) is 4.98 Å². The Labute approximate surface area is 83.9 Å². The van der Waals surface area contributed by atoms with Gasteiger partial charge in [0.1, 0.15) is 5.52 Å². The van der Waals surface area contributed by atoms with E-state index in [1.165, 1.54) is 11.8 Å². The van der Waals surface area contributed by atoms with Crippen LogP contribution in [0.4, 0.5) is 0 Å². The highest BCUT2D eigenvalue weighted by molar-refractivity contribution is 7.98. The molecule has 0 atom stereocenters. The van der Waals surface area contributed by atoms with Crippen LogP contribution in [0.15, 0.2) is 27.5 Å². The lowest BCUT2D eigenvalue weighted by atomic mass is 10.3. The molecule has 0 amide bonds. The quantitative estimate of drug-likeness (QED) is 0.768. The largest absolute Gasteiger partial charge is 0.474 e. The number of fused-ring (bicyclic) bond motifs is 1. The molecule has 0 unspecified atom stereocenters. The third-order valence-corrected chi connectivity index (χ3v) is 2.55. The highest BCUT2D eigenvalue weighted by atomic mass is 32.2. The maximum atomic E-state index is 10.6. The van der Waals surface area contributed by atoms with Crippen molar-refractivity contribution in [1.29, 1.82) is 0 Å². The molecule has 1 aromatic heterocycles. The highest BCUT2D eigenvalue weighted by Crippen LogP contribution is 2.26. The number of aromatic nitrogens is 1. The zero-order valence-corrected chi connectivity index (χ0v) is 8.17. The highest BCUT2D eigenvalue weighted by Gasteiger charge is 2.14. The maximum absolute atomic E-state index is 10.6. The molecular formula is C9H7NO3S. The molecular weight excluding hydrogens is 202 g/mol. The molecule has 1 heterocycles. The van der Waals surface area contributed by atoms with Gasteiger partial charge in [-0.1, -0.05) is 6.07 Å². The third-order valence-electron chi connectivity index (χ3n) is 1.78. The number of hydrogen-bond donors (Lipinski definition) is 1. The number of hydrogen-bond acceptors (Lipinski definition) is 4. The van der Waals surface area contributed by atoms with Crippen LogP contribution in [0.2, 0.25) is 0 Å². The number of para-hydroxylation sites is 1. The van der Waals surface area contributed by atoms with Crippen molar-refractivity contribution in [2.75, 3.05) is 6.26 Å². The zero-order valence-electron chi connectivity index (χ0n) is 7.35. The summed E-state index contributed by atoms with van der Waals surface area (Å²) in [6.07, 6.45) is 1.91. The Kier molecular flexibility index (Phi) is 2.17. The van der Waals surface area contributed by atoms with E-state index in [4.69, 9.17) is 9.52 Å². The van der Waals surface area contributed by atoms with Crippen LogP contribution in [0.5, 0.6) is 0 Å². The molecule has 2 aromatic rings. The fraction of sp³-hybridized carbons (Fsp3) is 0.111. The summed E-state index contributed by atoms with van der Waals surface area (Å²) in [6.45, 7) is 0. The van der Waals surface area contributed by atoms with Gasteiger partial charge in [-0.05, 0) is 18.4 Å². The van der Waals surface area contributed by atoms with Crippen LogP contribution < -0.4 is 0 Å². The van der Waals surface area contributed by atoms with Crippen LogP contribution in [0.1, 0.15) is 10.7 Å². The van der Waals surface area contributed by atoms with Crippen LogP contribution in [-0.4, -0.2) is 22.3 Å². The minimum absolute atomic E-state index is 0.262. The fourth-order valence-corrected chi connectivity index (χ4v) is 1.73. The Hall–Kier alpha value is -1.49. The molecule has 0 saturated heterocycles. The molecule has 0 bridgehead atoms. The van der Waals surface area contributed by atoms with E-state index < -0.39 is 5.97 Å². The first-order valence-electron chi connectivity index (χ1n) is 3.89. The predicted molar refractivity (Wildman–Crippen MR) is 52.7 cm³/mol. The van der Waals surface area contributed by atoms with Gasteiger partial charge in [0.05, 0.1) is 0 Å². The minimum Gasteiger partial charge on any atom is -0.474 e. The molecule has 4 nitrogen and oxygen atoms in total. The molecule has 14 heavy (non-hydrogen) atoms. The van der Waals surface area contributed by atoms with E-state index in [0.717, 1.165) is 4.90 Å². The molecule has 0 aliphatic heterocycles. The summed E-state index contributed by atoms with van der Waals surface area (Å²) in [7, 11) is 0. The number of carboxylic acids is 1. The van der Waals surface area contributed by atoms with Crippen LogP contribution in [-0.2, 0) is 0 Å². The first-order chi connectivity index (χ1) is 6.72. The minimum atomic E-state index is -1.15. The second-order valence-electron chi connectivity index (χ2n) is 2.63. The standard InChI is InChI=1S/C9H7NO3S/c1-14-6-4-2-3-5-7(6)10-8(13-5)9(11)12/h2-4H,1H3,(H,11,12). The molecule has 0 spiro atoms. The lowest BCUT2D eigenvalue weighted by Gasteiger charge is -1.93. The fourth-order valence-electron chi connectivity index (χ4n) is 1.18. The van der Waals surface area contributed by atoms with Crippen LogP contribution in [0.25, 0.3) is 11.1 Å². The summed E-state index contributed by atoms with van der Waals surface area (Å²) in [6, 6.07) is 5.39. The van der Waals surface area contributed by atoms with Gasteiger partial charge in [0.25, 0.3) is 0 Å². The first kappa shape index (κ1) is 9.08. The van der Waals surface area contributed by atoms with E-state index in [1.807, 2.05) is 18.4 Å². The second-order valence-corrected chi connectivity index (χ2v) is 3.48. The average Bonchev–Trinajstić information content (AvgIpc) is 2.60. The van der Waals surface area contributed by atoms with Gasteiger partial charge in [-0.25, -0.2) is 9.78 Å². The smallest absolute Gasteiger partial charge is 0.392 e. The van der Waals surface area contributed by atoms with Gasteiger partial charge in [0.2, 0.25) is 0 Å². The Balaban J connectivity index is 2.70. The van der Waals surface area contributed by atoms with Crippen LogP contribution >= 0.6 is 11.8 Å². The number of thioether (sulfide) groups is 1. The van der Waals surface area contributed by atoms with Crippen molar-refractivity contribution >= 4 is 28.8 Å². The van der Waals surface area contributed by atoms with Crippen molar-refractivity contribution in [3.05, 3.63) is 24.1 Å². The number of carbonyl (C=O) groups is 1. The Morgan fingerprint density at radius 3 is 3.00 bits per heavy atom. The predicted octanol–water partition coefficient (Wildman–Crippen LogP) is 2.25. The molecule has 0 aliphatic rings. The molecule has 0 saturated carbocycles. The third kappa shape index (κ3) is 1.35. The van der Waals surface area contributed by atoms with Crippen LogP contribution in [0, 0.1) is 0 Å². The van der Waals surface area contributed by atoms with Gasteiger partial charge in [-0.15, -0.1) is 11.8 Å². The number of nitrogens with zero attached hydrogens (tertiary/aromatic N) is 1. The Bertz CT molecular complexity index is 492. The number of carboxylic acid groups (broad SMARTS) is 1. The summed E-state index contributed by atoms with van der Waals surface area (Å²) >= 11 is 1.51. The van der Waals surface area contributed by atoms with E-state index in [9.17, 15) is 4.79 Å². The van der Waals surface area contributed by atoms with Gasteiger partial charge in [0, 0.05) is 4.90 Å². The summed E-state index contributed by atoms with van der Waals surface area (Å²) in [4.78, 5) is 15.4. The summed E-state index contributed by atoms with van der Waals surface area (Å²) in [5.74, 6) is -1.41. The Morgan fingerprint density at radius 1 is 1.57 bits per heavy atom. The normalized spacial score (nSPS) is 10.6. The van der Waals surface area contributed by atoms with E-state index in [-0.39, 0.29) is 5.89 Å². The summed E-state index contributed by atoms with van der Waals surface area (Å²) in [5, 5.41) is 8.69.